The smallest absolute Gasteiger partial charge is 0.161 e. The Labute approximate surface area is 189 Å². The second-order valence-corrected chi connectivity index (χ2v) is 10.3. The molecule has 1 aliphatic carbocycles. The van der Waals surface area contributed by atoms with Crippen LogP contribution in [0.2, 0.25) is 0 Å². The maximum absolute atomic E-state index is 10.6. The highest BCUT2D eigenvalue weighted by molar-refractivity contribution is 7.16. The van der Waals surface area contributed by atoms with Crippen molar-refractivity contribution < 1.29 is 9.84 Å². The summed E-state index contributed by atoms with van der Waals surface area (Å²) in [6.45, 7) is 6.07. The number of amidine groups is 1. The van der Waals surface area contributed by atoms with Crippen molar-refractivity contribution >= 4 is 33.5 Å². The first-order valence-electron chi connectivity index (χ1n) is 11.2. The SMILES string of the molecule is Cc1cc2c(s1)Nc1ccccc1NC2=NCCN(C)COC(O)C1(C)CCCCC1. The van der Waals surface area contributed by atoms with E-state index in [-0.39, 0.29) is 5.41 Å². The molecule has 0 radical (unpaired) electrons. The summed E-state index contributed by atoms with van der Waals surface area (Å²) in [6.07, 6.45) is 4.99. The van der Waals surface area contributed by atoms with E-state index in [1.165, 1.54) is 24.1 Å². The van der Waals surface area contributed by atoms with Crippen LogP contribution in [0.5, 0.6) is 0 Å². The number of aliphatic hydroxyl groups is 1. The Kier molecular flexibility index (Phi) is 6.96. The van der Waals surface area contributed by atoms with E-state index >= 15 is 0 Å². The first kappa shape index (κ1) is 22.3. The molecular formula is C24H34N4O2S. The van der Waals surface area contributed by atoms with Crippen LogP contribution < -0.4 is 10.6 Å². The zero-order valence-corrected chi connectivity index (χ0v) is 19.6. The summed E-state index contributed by atoms with van der Waals surface area (Å²) >= 11 is 1.74. The molecule has 2 heterocycles. The van der Waals surface area contributed by atoms with Crippen molar-refractivity contribution in [1.82, 2.24) is 4.90 Å². The zero-order valence-electron chi connectivity index (χ0n) is 18.8. The Morgan fingerprint density at radius 1 is 1.19 bits per heavy atom. The topological polar surface area (TPSA) is 69.1 Å². The number of hydrogen-bond donors (Lipinski definition) is 3. The lowest BCUT2D eigenvalue weighted by Crippen LogP contribution is -2.39. The molecule has 0 bridgehead atoms. The fourth-order valence-corrected chi connectivity index (χ4v) is 5.25. The molecule has 4 rings (SSSR count). The van der Waals surface area contributed by atoms with Gasteiger partial charge in [-0.15, -0.1) is 11.3 Å². The summed E-state index contributed by atoms with van der Waals surface area (Å²) in [5.41, 5.74) is 3.09. The second-order valence-electron chi connectivity index (χ2n) is 9.07. The predicted octanol–water partition coefficient (Wildman–Crippen LogP) is 5.17. The molecule has 2 aliphatic rings. The van der Waals surface area contributed by atoms with Crippen molar-refractivity contribution in [3.8, 4) is 0 Å². The van der Waals surface area contributed by atoms with Gasteiger partial charge in [-0.2, -0.15) is 0 Å². The predicted molar refractivity (Wildman–Crippen MR) is 130 cm³/mol. The lowest BCUT2D eigenvalue weighted by atomic mass is 9.75. The van der Waals surface area contributed by atoms with E-state index in [1.54, 1.807) is 11.3 Å². The van der Waals surface area contributed by atoms with Gasteiger partial charge in [0.1, 0.15) is 17.6 Å². The fraction of sp³-hybridized carbons (Fsp3) is 0.542. The Morgan fingerprint density at radius 3 is 2.65 bits per heavy atom. The van der Waals surface area contributed by atoms with Crippen LogP contribution in [0.1, 0.15) is 49.5 Å². The van der Waals surface area contributed by atoms with Crippen LogP contribution in [-0.4, -0.2) is 49.0 Å². The number of ether oxygens (including phenoxy) is 1. The molecule has 6 nitrogen and oxygen atoms in total. The molecule has 1 unspecified atom stereocenters. The van der Waals surface area contributed by atoms with E-state index in [0.717, 1.165) is 47.2 Å². The average Bonchev–Trinajstić information content (AvgIpc) is 3.06. The van der Waals surface area contributed by atoms with Gasteiger partial charge >= 0.3 is 0 Å². The first-order chi connectivity index (χ1) is 14.9. The monoisotopic (exact) mass is 442 g/mol. The minimum absolute atomic E-state index is 0.114. The molecule has 1 saturated carbocycles. The van der Waals surface area contributed by atoms with Gasteiger partial charge in [0.2, 0.25) is 0 Å². The summed E-state index contributed by atoms with van der Waals surface area (Å²) in [7, 11) is 2.01. The van der Waals surface area contributed by atoms with Gasteiger partial charge in [0.25, 0.3) is 0 Å². The van der Waals surface area contributed by atoms with Crippen LogP contribution in [0.15, 0.2) is 35.3 Å². The van der Waals surface area contributed by atoms with Crippen LogP contribution in [0.25, 0.3) is 0 Å². The third-order valence-electron chi connectivity index (χ3n) is 6.34. The first-order valence-corrected chi connectivity index (χ1v) is 12.0. The number of aliphatic hydroxyl groups excluding tert-OH is 1. The van der Waals surface area contributed by atoms with Crippen LogP contribution >= 0.6 is 11.3 Å². The molecule has 31 heavy (non-hydrogen) atoms. The van der Waals surface area contributed by atoms with Crippen molar-refractivity contribution in [2.45, 2.75) is 52.2 Å². The summed E-state index contributed by atoms with van der Waals surface area (Å²) in [6, 6.07) is 10.4. The number of thiophene rings is 1. The highest BCUT2D eigenvalue weighted by atomic mass is 32.1. The quantitative estimate of drug-likeness (QED) is 0.516. The Bertz CT molecular complexity index is 920. The molecule has 0 spiro atoms. The number of rotatable bonds is 7. The van der Waals surface area contributed by atoms with Gasteiger partial charge in [0.05, 0.1) is 23.5 Å². The summed E-state index contributed by atoms with van der Waals surface area (Å²) in [4.78, 5) is 8.20. The molecule has 0 amide bonds. The number of nitrogens with one attached hydrogen (secondary N) is 2. The number of hydrogen-bond acceptors (Lipinski definition) is 6. The number of aryl methyl sites for hydroxylation is 1. The van der Waals surface area contributed by atoms with Crippen molar-refractivity contribution in [3.63, 3.8) is 0 Å². The number of benzene rings is 1. The van der Waals surface area contributed by atoms with Crippen LogP contribution in [0.4, 0.5) is 16.4 Å². The Morgan fingerprint density at radius 2 is 1.90 bits per heavy atom. The summed E-state index contributed by atoms with van der Waals surface area (Å²) < 4.78 is 5.82. The highest BCUT2D eigenvalue weighted by Gasteiger charge is 2.35. The van der Waals surface area contributed by atoms with Gasteiger partial charge in [-0.3, -0.25) is 9.89 Å². The molecular weight excluding hydrogens is 408 g/mol. The standard InChI is InChI=1S/C24H34N4O2S/c1-17-15-18-21(26-19-9-5-6-10-20(19)27-22(18)31-17)25-13-14-28(3)16-30-23(29)24(2)11-7-4-8-12-24/h5-6,9-10,15,23,27,29H,4,7-8,11-14,16H2,1-3H3,(H,25,26). The van der Waals surface area contributed by atoms with Gasteiger partial charge in [0.15, 0.2) is 6.29 Å². The number of fused-ring (bicyclic) bond motifs is 2. The third-order valence-corrected chi connectivity index (χ3v) is 7.30. The number of likely N-dealkylation sites (N-methyl/N-ethyl adjacent to an activating group) is 1. The Balaban J connectivity index is 1.35. The molecule has 168 valence electrons. The van der Waals surface area contributed by atoms with E-state index in [9.17, 15) is 5.11 Å². The molecule has 1 fully saturated rings. The molecule has 3 N–H and O–H groups in total. The lowest BCUT2D eigenvalue weighted by Gasteiger charge is -2.37. The van der Waals surface area contributed by atoms with E-state index < -0.39 is 6.29 Å². The van der Waals surface area contributed by atoms with Crippen molar-refractivity contribution in [1.29, 1.82) is 0 Å². The van der Waals surface area contributed by atoms with Gasteiger partial charge in [0, 0.05) is 16.8 Å². The molecule has 1 aromatic heterocycles. The number of para-hydroxylation sites is 2. The maximum Gasteiger partial charge on any atom is 0.161 e. The number of aliphatic imine (C=N–C) groups is 1. The van der Waals surface area contributed by atoms with E-state index in [1.807, 2.05) is 19.2 Å². The minimum Gasteiger partial charge on any atom is -0.367 e. The largest absolute Gasteiger partial charge is 0.367 e. The van der Waals surface area contributed by atoms with E-state index in [0.29, 0.717) is 13.3 Å². The van der Waals surface area contributed by atoms with Gasteiger partial charge in [-0.05, 0) is 45.0 Å². The molecule has 1 atom stereocenters. The molecule has 2 aromatic rings. The molecule has 7 heteroatoms. The highest BCUT2D eigenvalue weighted by Crippen LogP contribution is 2.39. The number of nitrogens with zero attached hydrogens (tertiary/aromatic N) is 2. The van der Waals surface area contributed by atoms with Crippen LogP contribution in [0, 0.1) is 12.3 Å². The van der Waals surface area contributed by atoms with Gasteiger partial charge in [-0.25, -0.2) is 0 Å². The maximum atomic E-state index is 10.6. The normalized spacial score (nSPS) is 19.8. The van der Waals surface area contributed by atoms with Crippen molar-refractivity contribution in [3.05, 3.63) is 40.8 Å². The Hall–Kier alpha value is -1.93. The third kappa shape index (κ3) is 5.29. The lowest BCUT2D eigenvalue weighted by molar-refractivity contribution is -0.197. The van der Waals surface area contributed by atoms with Crippen LogP contribution in [-0.2, 0) is 4.74 Å². The number of anilines is 3. The molecule has 0 saturated heterocycles. The van der Waals surface area contributed by atoms with E-state index in [4.69, 9.17) is 9.73 Å². The molecule has 1 aliphatic heterocycles. The average molecular weight is 443 g/mol. The minimum atomic E-state index is -0.705. The van der Waals surface area contributed by atoms with Crippen LogP contribution in [0.3, 0.4) is 0 Å². The molecule has 1 aromatic carbocycles. The summed E-state index contributed by atoms with van der Waals surface area (Å²) in [5.74, 6) is 0.890. The van der Waals surface area contributed by atoms with Crippen molar-refractivity contribution in [2.24, 2.45) is 10.4 Å². The van der Waals surface area contributed by atoms with E-state index in [2.05, 4.69) is 47.6 Å². The van der Waals surface area contributed by atoms with Gasteiger partial charge in [-0.1, -0.05) is 38.3 Å². The second kappa shape index (κ2) is 9.69. The fourth-order valence-electron chi connectivity index (χ4n) is 4.33. The van der Waals surface area contributed by atoms with Crippen molar-refractivity contribution in [2.75, 3.05) is 37.5 Å². The zero-order chi connectivity index (χ0) is 21.8. The summed E-state index contributed by atoms with van der Waals surface area (Å²) in [5, 5.41) is 18.7. The van der Waals surface area contributed by atoms with Gasteiger partial charge < -0.3 is 20.5 Å².